The Morgan fingerprint density at radius 2 is 2.28 bits per heavy atom. The first-order valence-corrected chi connectivity index (χ1v) is 5.61. The molecule has 2 rings (SSSR count). The number of anilines is 1. The van der Waals surface area contributed by atoms with E-state index in [9.17, 15) is 4.39 Å². The molecule has 18 heavy (non-hydrogen) atoms. The van der Waals surface area contributed by atoms with Crippen LogP contribution in [0.25, 0.3) is 11.4 Å². The van der Waals surface area contributed by atoms with E-state index in [0.29, 0.717) is 31.1 Å². The van der Waals surface area contributed by atoms with Crippen LogP contribution < -0.4 is 5.73 Å². The SMILES string of the molecule is CCOCCn1nnnc1-c1ccc(F)c(N)c1. The molecule has 0 bridgehead atoms. The molecule has 1 aromatic heterocycles. The molecule has 0 radical (unpaired) electrons. The molecule has 0 atom stereocenters. The lowest BCUT2D eigenvalue weighted by atomic mass is 10.2. The van der Waals surface area contributed by atoms with Crippen molar-refractivity contribution in [2.24, 2.45) is 0 Å². The van der Waals surface area contributed by atoms with Gasteiger partial charge in [-0.1, -0.05) is 0 Å². The van der Waals surface area contributed by atoms with E-state index in [2.05, 4.69) is 15.5 Å². The topological polar surface area (TPSA) is 78.8 Å². The molecule has 0 fully saturated rings. The number of benzene rings is 1. The van der Waals surface area contributed by atoms with Gasteiger partial charge in [-0.2, -0.15) is 0 Å². The van der Waals surface area contributed by atoms with Crippen LogP contribution in [0, 0.1) is 5.82 Å². The maximum Gasteiger partial charge on any atom is 0.182 e. The first-order chi connectivity index (χ1) is 8.72. The largest absolute Gasteiger partial charge is 0.396 e. The van der Waals surface area contributed by atoms with Crippen LogP contribution in [0.2, 0.25) is 0 Å². The third-order valence-electron chi connectivity index (χ3n) is 2.44. The highest BCUT2D eigenvalue weighted by atomic mass is 19.1. The van der Waals surface area contributed by atoms with E-state index >= 15 is 0 Å². The average molecular weight is 251 g/mol. The van der Waals surface area contributed by atoms with Gasteiger partial charge in [-0.3, -0.25) is 0 Å². The second-order valence-corrected chi connectivity index (χ2v) is 3.66. The fraction of sp³-hybridized carbons (Fsp3) is 0.364. The third-order valence-corrected chi connectivity index (χ3v) is 2.44. The van der Waals surface area contributed by atoms with Gasteiger partial charge in [-0.15, -0.1) is 5.10 Å². The normalized spacial score (nSPS) is 10.8. The second kappa shape index (κ2) is 5.54. The Bertz CT molecular complexity index is 528. The zero-order valence-corrected chi connectivity index (χ0v) is 10.0. The number of halogens is 1. The summed E-state index contributed by atoms with van der Waals surface area (Å²) in [5.41, 5.74) is 6.27. The predicted molar refractivity (Wildman–Crippen MR) is 64.1 cm³/mol. The Morgan fingerprint density at radius 3 is 3.00 bits per heavy atom. The fourth-order valence-electron chi connectivity index (χ4n) is 1.54. The molecule has 6 nitrogen and oxygen atoms in total. The summed E-state index contributed by atoms with van der Waals surface area (Å²) < 4.78 is 19.9. The highest BCUT2D eigenvalue weighted by Crippen LogP contribution is 2.20. The molecule has 7 heteroatoms. The Kier molecular flexibility index (Phi) is 3.83. The van der Waals surface area contributed by atoms with Gasteiger partial charge in [0.2, 0.25) is 0 Å². The fourth-order valence-corrected chi connectivity index (χ4v) is 1.54. The number of ether oxygens (including phenoxy) is 1. The Labute approximate surface area is 104 Å². The summed E-state index contributed by atoms with van der Waals surface area (Å²) >= 11 is 0. The minimum atomic E-state index is -0.452. The van der Waals surface area contributed by atoms with Gasteiger partial charge in [0, 0.05) is 12.2 Å². The average Bonchev–Trinajstić information content (AvgIpc) is 2.81. The van der Waals surface area contributed by atoms with Crippen LogP contribution in [-0.4, -0.2) is 33.4 Å². The van der Waals surface area contributed by atoms with Crippen LogP contribution in [0.4, 0.5) is 10.1 Å². The van der Waals surface area contributed by atoms with Crippen molar-refractivity contribution in [3.05, 3.63) is 24.0 Å². The Morgan fingerprint density at radius 1 is 1.44 bits per heavy atom. The second-order valence-electron chi connectivity index (χ2n) is 3.66. The summed E-state index contributed by atoms with van der Waals surface area (Å²) in [6.07, 6.45) is 0. The highest BCUT2D eigenvalue weighted by Gasteiger charge is 2.10. The van der Waals surface area contributed by atoms with E-state index in [1.807, 2.05) is 6.92 Å². The zero-order chi connectivity index (χ0) is 13.0. The monoisotopic (exact) mass is 251 g/mol. The molecule has 0 saturated carbocycles. The summed E-state index contributed by atoms with van der Waals surface area (Å²) in [7, 11) is 0. The molecule has 0 aliphatic rings. The van der Waals surface area contributed by atoms with Gasteiger partial charge >= 0.3 is 0 Å². The van der Waals surface area contributed by atoms with Crippen LogP contribution in [0.3, 0.4) is 0 Å². The summed E-state index contributed by atoms with van der Waals surface area (Å²) in [5.74, 6) is 0.0912. The molecule has 1 aromatic carbocycles. The number of hydrogen-bond donors (Lipinski definition) is 1. The molecule has 2 N–H and O–H groups in total. The van der Waals surface area contributed by atoms with Crippen molar-refractivity contribution in [2.45, 2.75) is 13.5 Å². The first-order valence-electron chi connectivity index (χ1n) is 5.61. The molecular formula is C11H14FN5O. The van der Waals surface area contributed by atoms with Crippen LogP contribution >= 0.6 is 0 Å². The van der Waals surface area contributed by atoms with Gasteiger partial charge in [-0.05, 0) is 35.5 Å². The van der Waals surface area contributed by atoms with E-state index in [-0.39, 0.29) is 5.69 Å². The minimum absolute atomic E-state index is 0.0758. The predicted octanol–water partition coefficient (Wildman–Crippen LogP) is 1.10. The van der Waals surface area contributed by atoms with Gasteiger partial charge in [-0.25, -0.2) is 9.07 Å². The molecule has 0 aliphatic heterocycles. The maximum atomic E-state index is 13.1. The molecule has 1 heterocycles. The van der Waals surface area contributed by atoms with E-state index in [1.54, 1.807) is 10.7 Å². The molecule has 0 saturated heterocycles. The van der Waals surface area contributed by atoms with E-state index < -0.39 is 5.82 Å². The molecular weight excluding hydrogens is 237 g/mol. The first kappa shape index (κ1) is 12.4. The van der Waals surface area contributed by atoms with Crippen LogP contribution in [-0.2, 0) is 11.3 Å². The highest BCUT2D eigenvalue weighted by molar-refractivity contribution is 5.61. The van der Waals surface area contributed by atoms with Crippen LogP contribution in [0.15, 0.2) is 18.2 Å². The molecule has 96 valence electrons. The summed E-state index contributed by atoms with van der Waals surface area (Å²) in [5, 5.41) is 11.4. The molecule has 0 unspecified atom stereocenters. The van der Waals surface area contributed by atoms with Gasteiger partial charge in [0.1, 0.15) is 5.82 Å². The van der Waals surface area contributed by atoms with Gasteiger partial charge in [0.05, 0.1) is 18.8 Å². The molecule has 2 aromatic rings. The lowest BCUT2D eigenvalue weighted by Gasteiger charge is -2.05. The lowest BCUT2D eigenvalue weighted by Crippen LogP contribution is -2.09. The number of hydrogen-bond acceptors (Lipinski definition) is 5. The number of rotatable bonds is 5. The van der Waals surface area contributed by atoms with Gasteiger partial charge in [0.15, 0.2) is 5.82 Å². The van der Waals surface area contributed by atoms with Crippen LogP contribution in [0.5, 0.6) is 0 Å². The Balaban J connectivity index is 2.22. The van der Waals surface area contributed by atoms with Crippen molar-refractivity contribution < 1.29 is 9.13 Å². The van der Waals surface area contributed by atoms with Crippen molar-refractivity contribution in [2.75, 3.05) is 18.9 Å². The van der Waals surface area contributed by atoms with E-state index in [1.165, 1.54) is 12.1 Å². The smallest absolute Gasteiger partial charge is 0.182 e. The van der Waals surface area contributed by atoms with Crippen molar-refractivity contribution in [3.63, 3.8) is 0 Å². The van der Waals surface area contributed by atoms with Crippen molar-refractivity contribution in [1.82, 2.24) is 20.2 Å². The van der Waals surface area contributed by atoms with Crippen molar-refractivity contribution in [3.8, 4) is 11.4 Å². The standard InChI is InChI=1S/C11H14FN5O/c1-2-18-6-5-17-11(14-15-16-17)8-3-4-9(12)10(13)7-8/h3-4,7H,2,5-6,13H2,1H3. The van der Waals surface area contributed by atoms with E-state index in [4.69, 9.17) is 10.5 Å². The van der Waals surface area contributed by atoms with E-state index in [0.717, 1.165) is 0 Å². The van der Waals surface area contributed by atoms with Gasteiger partial charge in [0.25, 0.3) is 0 Å². The summed E-state index contributed by atoms with van der Waals surface area (Å²) in [6.45, 7) is 3.61. The summed E-state index contributed by atoms with van der Waals surface area (Å²) in [6, 6.07) is 4.40. The van der Waals surface area contributed by atoms with Crippen LogP contribution in [0.1, 0.15) is 6.92 Å². The Hall–Kier alpha value is -2.02. The van der Waals surface area contributed by atoms with Gasteiger partial charge < -0.3 is 10.5 Å². The van der Waals surface area contributed by atoms with Crippen molar-refractivity contribution >= 4 is 5.69 Å². The number of aromatic nitrogens is 4. The number of nitrogens with two attached hydrogens (primary N) is 1. The summed E-state index contributed by atoms with van der Waals surface area (Å²) in [4.78, 5) is 0. The molecule has 0 aliphatic carbocycles. The molecule has 0 spiro atoms. The number of tetrazole rings is 1. The number of nitrogens with zero attached hydrogens (tertiary/aromatic N) is 4. The zero-order valence-electron chi connectivity index (χ0n) is 10.0. The quantitative estimate of drug-likeness (QED) is 0.636. The molecule has 0 amide bonds. The maximum absolute atomic E-state index is 13.1. The van der Waals surface area contributed by atoms with Crippen molar-refractivity contribution in [1.29, 1.82) is 0 Å². The lowest BCUT2D eigenvalue weighted by molar-refractivity contribution is 0.136. The third kappa shape index (κ3) is 2.62. The minimum Gasteiger partial charge on any atom is -0.396 e. The number of nitrogen functional groups attached to an aromatic ring is 1.